The molecule has 10 aromatic rings. The molecule has 84 heavy (non-hydrogen) atoms. The van der Waals surface area contributed by atoms with Gasteiger partial charge in [0.2, 0.25) is 0 Å². The molecule has 2 N–H and O–H groups in total. The second-order valence-corrected chi connectivity index (χ2v) is 21.7. The van der Waals surface area contributed by atoms with Gasteiger partial charge in [0.15, 0.2) is 0 Å². The van der Waals surface area contributed by atoms with Gasteiger partial charge in [-0.2, -0.15) is 5.10 Å². The van der Waals surface area contributed by atoms with E-state index >= 15 is 0 Å². The number of imidazole rings is 1. The summed E-state index contributed by atoms with van der Waals surface area (Å²) in [5, 5.41) is 7.56. The third kappa shape index (κ3) is 14.0. The molecule has 2 aliphatic heterocycles. The van der Waals surface area contributed by atoms with E-state index < -0.39 is 30.1 Å². The van der Waals surface area contributed by atoms with E-state index in [0.29, 0.717) is 54.9 Å². The van der Waals surface area contributed by atoms with Crippen LogP contribution in [-0.4, -0.2) is 82.6 Å². The monoisotopic (exact) mass is 1170 g/mol. The lowest BCUT2D eigenvalue weighted by atomic mass is 9.92. The van der Waals surface area contributed by atoms with Crippen LogP contribution in [0.3, 0.4) is 0 Å². The molecule has 4 aromatic heterocycles. The van der Waals surface area contributed by atoms with Gasteiger partial charge in [-0.05, 0) is 176 Å². The molecule has 2 atom stereocenters. The van der Waals surface area contributed by atoms with E-state index in [4.69, 9.17) is 42.1 Å². The Morgan fingerprint density at radius 1 is 0.536 bits per heavy atom. The number of aromatic nitrogens is 7. The minimum Gasteiger partial charge on any atom is -0.494 e. The van der Waals surface area contributed by atoms with Crippen LogP contribution >= 0.6 is 23.2 Å². The van der Waals surface area contributed by atoms with E-state index in [2.05, 4.69) is 29.6 Å². The topological polar surface area (TPSA) is 158 Å². The molecule has 6 aromatic carbocycles. The molecule has 0 radical (unpaired) electrons. The quantitative estimate of drug-likeness (QED) is 0.0709. The number of aromatic amines is 2. The summed E-state index contributed by atoms with van der Waals surface area (Å²) in [7, 11) is 0. The van der Waals surface area contributed by atoms with Gasteiger partial charge in [0.05, 0.1) is 19.5 Å². The van der Waals surface area contributed by atoms with E-state index in [9.17, 15) is 18.4 Å². The van der Waals surface area contributed by atoms with Gasteiger partial charge in [0, 0.05) is 81.8 Å². The number of aryl methyl sites for hydroxylation is 2. The number of rotatable bonds is 20. The van der Waals surface area contributed by atoms with Crippen LogP contribution in [0.15, 0.2) is 165 Å². The van der Waals surface area contributed by atoms with Crippen molar-refractivity contribution in [1.29, 1.82) is 0 Å². The Labute approximate surface area is 495 Å². The van der Waals surface area contributed by atoms with E-state index in [0.717, 1.165) is 131 Å². The molecule has 0 saturated carbocycles. The molecule has 0 bridgehead atoms. The normalized spacial score (nSPS) is 14.6. The van der Waals surface area contributed by atoms with E-state index in [1.807, 2.05) is 102 Å². The molecule has 0 aliphatic carbocycles. The molecule has 12 rings (SSSR count). The molecular weight excluding hydrogens is 1110 g/mol. The number of nitrogens with one attached hydrogen (secondary N) is 2. The van der Waals surface area contributed by atoms with Gasteiger partial charge in [0.1, 0.15) is 59.4 Å². The largest absolute Gasteiger partial charge is 0.494 e. The maximum atomic E-state index is 13.4. The second kappa shape index (κ2) is 27.2. The lowest BCUT2D eigenvalue weighted by molar-refractivity contribution is 0.134. The molecule has 2 amide bonds. The molecule has 2 unspecified atom stereocenters. The molecule has 6 heterocycles. The van der Waals surface area contributed by atoms with Crippen LogP contribution in [0.1, 0.15) is 97.1 Å². The fraction of sp³-hybridized carbons (Fsp3) is 0.277. The third-order valence-corrected chi connectivity index (χ3v) is 15.7. The minimum atomic E-state index is -0.502. The summed E-state index contributed by atoms with van der Waals surface area (Å²) in [6.07, 6.45) is 17.8. The number of nitrogens with zero attached hydrogens (tertiary/aromatic N) is 7. The van der Waals surface area contributed by atoms with Crippen molar-refractivity contribution in [1.82, 2.24) is 44.1 Å². The Bertz CT molecular complexity index is 3520. The highest BCUT2D eigenvalue weighted by atomic mass is 35.5. The van der Waals surface area contributed by atoms with Crippen LogP contribution in [-0.2, 0) is 25.9 Å². The van der Waals surface area contributed by atoms with Gasteiger partial charge in [-0.1, -0.05) is 66.7 Å². The summed E-state index contributed by atoms with van der Waals surface area (Å²) in [4.78, 5) is 45.4. The van der Waals surface area contributed by atoms with Gasteiger partial charge >= 0.3 is 12.2 Å². The Hall–Kier alpha value is -8.67. The first kappa shape index (κ1) is 57.2. The highest BCUT2D eigenvalue weighted by Gasteiger charge is 2.37. The average Bonchev–Trinajstić information content (AvgIpc) is 4.33. The Kier molecular flexibility index (Phi) is 18.5. The number of unbranched alkanes of at least 4 members (excludes halogenated alkanes) is 6. The predicted octanol–water partition coefficient (Wildman–Crippen LogP) is 15.3. The minimum absolute atomic E-state index is 0.288. The van der Waals surface area contributed by atoms with Crippen LogP contribution in [0.5, 0.6) is 23.0 Å². The Morgan fingerprint density at radius 3 is 1.45 bits per heavy atom. The molecule has 0 spiro atoms. The number of ether oxygens (including phenoxy) is 4. The Morgan fingerprint density at radius 2 is 1.00 bits per heavy atom. The maximum Gasteiger partial charge on any atom is 0.416 e. The van der Waals surface area contributed by atoms with Crippen LogP contribution in [0.2, 0.25) is 10.0 Å². The third-order valence-electron chi connectivity index (χ3n) is 15.2. The first-order valence-electron chi connectivity index (χ1n) is 28.4. The number of carbonyl (C=O) groups excluding carboxylic acids is 2. The van der Waals surface area contributed by atoms with Crippen LogP contribution in [0, 0.1) is 11.6 Å². The zero-order valence-corrected chi connectivity index (χ0v) is 47.7. The van der Waals surface area contributed by atoms with E-state index in [1.165, 1.54) is 48.5 Å². The molecule has 0 saturated heterocycles. The lowest BCUT2D eigenvalue weighted by Gasteiger charge is -2.35. The highest BCUT2D eigenvalue weighted by molar-refractivity contribution is 6.31. The molecule has 15 nitrogen and oxygen atoms in total. The van der Waals surface area contributed by atoms with Gasteiger partial charge in [0.25, 0.3) is 0 Å². The number of H-pyrrole nitrogens is 2. The maximum absolute atomic E-state index is 13.4. The SMILES string of the molecule is O=C(Oc1ccc(F)cc1)N1CCc2c([nH]c3ccc(Cl)cc23)C1c1ccc(OCCCCCCn2ccnc2)cc1.O=C(Oc1ccc(F)cc1)N1CCc2c([nH]c3ccc(Cl)cc23)C1c1ccc(OCCCCCCn2cncn2)cc1. The summed E-state index contributed by atoms with van der Waals surface area (Å²) in [6.45, 7) is 4.06. The van der Waals surface area contributed by atoms with Crippen molar-refractivity contribution in [3.8, 4) is 23.0 Å². The van der Waals surface area contributed by atoms with Crippen molar-refractivity contribution in [2.45, 2.75) is 89.4 Å². The highest BCUT2D eigenvalue weighted by Crippen LogP contribution is 2.42. The number of hydrogen-bond donors (Lipinski definition) is 2. The zero-order chi connectivity index (χ0) is 57.8. The first-order chi connectivity index (χ1) is 41.1. The second-order valence-electron chi connectivity index (χ2n) is 20.9. The smallest absolute Gasteiger partial charge is 0.416 e. The van der Waals surface area contributed by atoms with Crippen molar-refractivity contribution >= 4 is 57.2 Å². The number of carbonyl (C=O) groups is 2. The van der Waals surface area contributed by atoms with Crippen LogP contribution in [0.4, 0.5) is 18.4 Å². The van der Waals surface area contributed by atoms with E-state index in [-0.39, 0.29) is 11.6 Å². The number of fused-ring (bicyclic) bond motifs is 6. The summed E-state index contributed by atoms with van der Waals surface area (Å²) >= 11 is 12.6. The molecule has 19 heteroatoms. The number of halogens is 4. The fourth-order valence-electron chi connectivity index (χ4n) is 11.1. The number of hydrogen-bond acceptors (Lipinski definition) is 9. The van der Waals surface area contributed by atoms with Gasteiger partial charge in [-0.25, -0.2) is 28.3 Å². The molecule has 2 aliphatic rings. The summed E-state index contributed by atoms with van der Waals surface area (Å²) in [6, 6.07) is 37.4. The zero-order valence-electron chi connectivity index (χ0n) is 46.1. The Balaban J connectivity index is 0.000000175. The van der Waals surface area contributed by atoms with Crippen molar-refractivity contribution in [3.05, 3.63) is 220 Å². The summed E-state index contributed by atoms with van der Waals surface area (Å²) in [5.41, 5.74) is 7.90. The van der Waals surface area contributed by atoms with Crippen molar-refractivity contribution in [2.24, 2.45) is 0 Å². The van der Waals surface area contributed by atoms with Crippen LogP contribution < -0.4 is 18.9 Å². The van der Waals surface area contributed by atoms with Gasteiger partial charge in [-0.3, -0.25) is 14.5 Å². The molecule has 0 fully saturated rings. The van der Waals surface area contributed by atoms with Crippen molar-refractivity contribution in [2.75, 3.05) is 26.3 Å². The number of benzene rings is 6. The first-order valence-corrected chi connectivity index (χ1v) is 29.2. The van der Waals surface area contributed by atoms with E-state index in [1.54, 1.807) is 28.7 Å². The number of amides is 2. The summed E-state index contributed by atoms with van der Waals surface area (Å²) in [5.74, 6) is 1.37. The standard InChI is InChI=1S/C33H32ClFN4O3.C32H31ClFN5O3/c34-24-7-14-30-29(21-24)28-15-18-39(33(40)42-27-12-8-25(35)9-13-27)32(31(28)37-30)23-5-10-26(11-6-23)41-20-4-2-1-3-17-38-19-16-36-22-38;33-23-7-14-29-28(19-23)27-15-17-39(32(40)42-26-12-8-24(34)9-13-26)31(30(27)37-29)22-5-10-25(11-6-22)41-18-4-2-1-3-16-38-21-35-20-36-38/h5-14,16,19,21-22,32,37H,1-4,15,17-18,20H2;5-14,19-21,31,37H,1-4,15-18H2. The van der Waals surface area contributed by atoms with Gasteiger partial charge in [-0.15, -0.1) is 0 Å². The predicted molar refractivity (Wildman–Crippen MR) is 319 cm³/mol. The van der Waals surface area contributed by atoms with Crippen molar-refractivity contribution in [3.63, 3.8) is 0 Å². The average molecular weight is 1180 g/mol. The molecular formula is C65H63Cl2F2N9O6. The molecule has 432 valence electrons. The van der Waals surface area contributed by atoms with Gasteiger partial charge < -0.3 is 33.5 Å². The summed E-state index contributed by atoms with van der Waals surface area (Å²) < 4.78 is 54.1. The van der Waals surface area contributed by atoms with Crippen molar-refractivity contribution < 1.29 is 37.3 Å². The van der Waals surface area contributed by atoms with Crippen LogP contribution in [0.25, 0.3) is 21.8 Å². The lowest BCUT2D eigenvalue weighted by Crippen LogP contribution is -2.42. The fourth-order valence-corrected chi connectivity index (χ4v) is 11.4.